The van der Waals surface area contributed by atoms with Crippen LogP contribution in [0.5, 0.6) is 0 Å². The Balaban J connectivity index is 1.37. The van der Waals surface area contributed by atoms with E-state index < -0.39 is 17.5 Å². The Kier molecular flexibility index (Phi) is 7.01. The molecule has 2 aliphatic heterocycles. The first-order chi connectivity index (χ1) is 16.0. The van der Waals surface area contributed by atoms with Gasteiger partial charge in [0.1, 0.15) is 5.82 Å². The number of esters is 1. The summed E-state index contributed by atoms with van der Waals surface area (Å²) in [5.74, 6) is -0.138. The number of nitro groups is 1. The van der Waals surface area contributed by atoms with Gasteiger partial charge in [-0.1, -0.05) is 6.07 Å². The van der Waals surface area contributed by atoms with E-state index in [1.54, 1.807) is 17.2 Å². The number of pyridine rings is 1. The second-order valence-corrected chi connectivity index (χ2v) is 8.14. The molecule has 0 saturated carbocycles. The molecule has 1 aromatic carbocycles. The highest BCUT2D eigenvalue weighted by atomic mass is 16.6. The molecule has 10 nitrogen and oxygen atoms in total. The highest BCUT2D eigenvalue weighted by Gasteiger charge is 2.26. The summed E-state index contributed by atoms with van der Waals surface area (Å²) in [5.41, 5.74) is 0.556. The molecule has 1 aromatic heterocycles. The second kappa shape index (κ2) is 10.3. The fourth-order valence-corrected chi connectivity index (χ4v) is 4.23. The lowest BCUT2D eigenvalue weighted by Gasteiger charge is -2.35. The monoisotopic (exact) mass is 453 g/mol. The number of piperidine rings is 1. The van der Waals surface area contributed by atoms with Gasteiger partial charge >= 0.3 is 5.97 Å². The van der Waals surface area contributed by atoms with Crippen molar-refractivity contribution in [3.8, 4) is 0 Å². The van der Waals surface area contributed by atoms with Crippen LogP contribution in [0.3, 0.4) is 0 Å². The molecule has 10 heteroatoms. The molecule has 33 heavy (non-hydrogen) atoms. The minimum absolute atomic E-state index is 0.124. The topological polar surface area (TPSA) is 109 Å². The van der Waals surface area contributed by atoms with Gasteiger partial charge in [0.25, 0.3) is 11.6 Å². The first-order valence-corrected chi connectivity index (χ1v) is 11.2. The minimum atomic E-state index is -0.722. The number of carbonyl (C=O) groups is 2. The van der Waals surface area contributed by atoms with E-state index in [0.29, 0.717) is 31.9 Å². The molecule has 0 unspecified atom stereocenters. The number of benzene rings is 1. The zero-order valence-corrected chi connectivity index (χ0v) is 18.4. The Bertz CT molecular complexity index is 1000. The van der Waals surface area contributed by atoms with E-state index in [1.807, 2.05) is 23.1 Å². The summed E-state index contributed by atoms with van der Waals surface area (Å²) in [6.45, 7) is 3.44. The Morgan fingerprint density at radius 3 is 2.39 bits per heavy atom. The lowest BCUT2D eigenvalue weighted by atomic mass is 10.1. The van der Waals surface area contributed by atoms with Gasteiger partial charge in [-0.15, -0.1) is 0 Å². The fraction of sp³-hybridized carbons (Fsp3) is 0.435. The van der Waals surface area contributed by atoms with E-state index in [1.165, 1.54) is 12.1 Å². The van der Waals surface area contributed by atoms with E-state index in [9.17, 15) is 19.7 Å². The smallest absolute Gasteiger partial charge is 0.341 e. The molecule has 0 N–H and O–H groups in total. The average molecular weight is 453 g/mol. The number of piperazine rings is 1. The van der Waals surface area contributed by atoms with Crippen molar-refractivity contribution in [3.05, 3.63) is 58.3 Å². The standard InChI is InChI=1S/C23H27N5O5/c29-22(27-14-12-26(13-15-27)21-6-2-3-9-24-21)17-33-23(30)19-16-18(28(31)32)7-8-20(19)25-10-4-1-5-11-25/h2-3,6-9,16H,1,4-5,10-15,17H2. The Morgan fingerprint density at radius 1 is 0.970 bits per heavy atom. The molecule has 0 aliphatic carbocycles. The molecule has 2 saturated heterocycles. The normalized spacial score (nSPS) is 16.4. The van der Waals surface area contributed by atoms with Crippen molar-refractivity contribution in [3.63, 3.8) is 0 Å². The van der Waals surface area contributed by atoms with Crippen molar-refractivity contribution in [2.75, 3.05) is 55.7 Å². The number of anilines is 2. The number of nitrogens with zero attached hydrogens (tertiary/aromatic N) is 5. The van der Waals surface area contributed by atoms with Crippen LogP contribution in [-0.4, -0.2) is 72.6 Å². The molecule has 174 valence electrons. The van der Waals surface area contributed by atoms with E-state index in [-0.39, 0.29) is 17.2 Å². The molecular weight excluding hydrogens is 426 g/mol. The first kappa shape index (κ1) is 22.5. The summed E-state index contributed by atoms with van der Waals surface area (Å²) in [4.78, 5) is 46.3. The zero-order valence-electron chi connectivity index (χ0n) is 18.4. The third-order valence-electron chi connectivity index (χ3n) is 6.04. The Hall–Kier alpha value is -3.69. The van der Waals surface area contributed by atoms with E-state index in [4.69, 9.17) is 4.74 Å². The van der Waals surface area contributed by atoms with Crippen LogP contribution in [0.2, 0.25) is 0 Å². The van der Waals surface area contributed by atoms with Gasteiger partial charge in [0.15, 0.2) is 6.61 Å². The molecule has 0 bridgehead atoms. The van der Waals surface area contributed by atoms with Gasteiger partial charge in [0.05, 0.1) is 16.2 Å². The van der Waals surface area contributed by atoms with Gasteiger partial charge in [0, 0.05) is 57.6 Å². The molecule has 0 radical (unpaired) electrons. The number of non-ortho nitro benzene ring substituents is 1. The molecule has 1 amide bonds. The number of hydrogen-bond donors (Lipinski definition) is 0. The maximum atomic E-state index is 12.8. The number of aromatic nitrogens is 1. The van der Waals surface area contributed by atoms with Gasteiger partial charge in [0.2, 0.25) is 0 Å². The molecule has 2 fully saturated rings. The van der Waals surface area contributed by atoms with Gasteiger partial charge in [-0.25, -0.2) is 9.78 Å². The SMILES string of the molecule is O=C(OCC(=O)N1CCN(c2ccccn2)CC1)c1cc([N+](=O)[O-])ccc1N1CCCCC1. The van der Waals surface area contributed by atoms with Crippen LogP contribution in [0, 0.1) is 10.1 Å². The highest BCUT2D eigenvalue weighted by molar-refractivity contribution is 5.97. The quantitative estimate of drug-likeness (QED) is 0.373. The molecule has 0 spiro atoms. The third kappa shape index (κ3) is 5.39. The predicted octanol–water partition coefficient (Wildman–Crippen LogP) is 2.49. The maximum Gasteiger partial charge on any atom is 0.341 e. The van der Waals surface area contributed by atoms with Gasteiger partial charge in [-0.3, -0.25) is 14.9 Å². The number of rotatable bonds is 6. The maximum absolute atomic E-state index is 12.8. The molecule has 2 aliphatic rings. The summed E-state index contributed by atoms with van der Waals surface area (Å²) in [7, 11) is 0. The van der Waals surface area contributed by atoms with Crippen LogP contribution in [0.1, 0.15) is 29.6 Å². The zero-order chi connectivity index (χ0) is 23.2. The van der Waals surface area contributed by atoms with Crippen LogP contribution >= 0.6 is 0 Å². The molecule has 0 atom stereocenters. The van der Waals surface area contributed by atoms with Crippen molar-refractivity contribution >= 4 is 29.1 Å². The summed E-state index contributed by atoms with van der Waals surface area (Å²) < 4.78 is 5.32. The summed E-state index contributed by atoms with van der Waals surface area (Å²) in [5, 5.41) is 11.2. The van der Waals surface area contributed by atoms with Gasteiger partial charge in [-0.2, -0.15) is 0 Å². The average Bonchev–Trinajstić information content (AvgIpc) is 2.87. The van der Waals surface area contributed by atoms with Crippen molar-refractivity contribution in [2.24, 2.45) is 0 Å². The van der Waals surface area contributed by atoms with Crippen molar-refractivity contribution < 1.29 is 19.2 Å². The number of ether oxygens (including phenoxy) is 1. The molecular formula is C23H27N5O5. The van der Waals surface area contributed by atoms with E-state index in [2.05, 4.69) is 9.88 Å². The summed E-state index contributed by atoms with van der Waals surface area (Å²) in [6, 6.07) is 9.94. The number of hydrogen-bond acceptors (Lipinski definition) is 8. The Morgan fingerprint density at radius 2 is 1.73 bits per heavy atom. The largest absolute Gasteiger partial charge is 0.452 e. The second-order valence-electron chi connectivity index (χ2n) is 8.14. The summed E-state index contributed by atoms with van der Waals surface area (Å²) >= 11 is 0. The Labute approximate surface area is 191 Å². The highest BCUT2D eigenvalue weighted by Crippen LogP contribution is 2.28. The first-order valence-electron chi connectivity index (χ1n) is 11.2. The van der Waals surface area contributed by atoms with E-state index >= 15 is 0 Å². The summed E-state index contributed by atoms with van der Waals surface area (Å²) in [6.07, 6.45) is 4.84. The van der Waals surface area contributed by atoms with Crippen molar-refractivity contribution in [2.45, 2.75) is 19.3 Å². The van der Waals surface area contributed by atoms with Gasteiger partial charge in [-0.05, 0) is 37.5 Å². The van der Waals surface area contributed by atoms with Crippen LogP contribution in [0.25, 0.3) is 0 Å². The predicted molar refractivity (Wildman–Crippen MR) is 122 cm³/mol. The molecule has 3 heterocycles. The third-order valence-corrected chi connectivity index (χ3v) is 6.04. The number of amides is 1. The van der Waals surface area contributed by atoms with Crippen LogP contribution in [0.4, 0.5) is 17.2 Å². The molecule has 4 rings (SSSR count). The van der Waals surface area contributed by atoms with Crippen LogP contribution in [-0.2, 0) is 9.53 Å². The number of nitro benzene ring substituents is 1. The van der Waals surface area contributed by atoms with Crippen molar-refractivity contribution in [1.82, 2.24) is 9.88 Å². The lowest BCUT2D eigenvalue weighted by molar-refractivity contribution is -0.384. The lowest BCUT2D eigenvalue weighted by Crippen LogP contribution is -2.50. The van der Waals surface area contributed by atoms with Gasteiger partial charge < -0.3 is 19.4 Å². The van der Waals surface area contributed by atoms with Crippen LogP contribution < -0.4 is 9.80 Å². The van der Waals surface area contributed by atoms with E-state index in [0.717, 1.165) is 38.2 Å². The molecule has 2 aromatic rings. The minimum Gasteiger partial charge on any atom is -0.452 e. The van der Waals surface area contributed by atoms with Crippen LogP contribution in [0.15, 0.2) is 42.6 Å². The van der Waals surface area contributed by atoms with Crippen molar-refractivity contribution in [1.29, 1.82) is 0 Å². The number of carbonyl (C=O) groups excluding carboxylic acids is 2. The fourth-order valence-electron chi connectivity index (χ4n) is 4.23.